The van der Waals surface area contributed by atoms with E-state index in [1.807, 2.05) is 0 Å². The standard InChI is InChI=1S/C29H23N3/c1-5-14-24-20(10-1)21-11-2-6-15-25(21)31(24)28-18-9-19-29(30-28)32-26-16-7-3-12-22(26)23-13-4-8-17-27(23)32/h1-18,20,24,29H,19H2. The number of rotatable bonds is 1. The van der Waals surface area contributed by atoms with Gasteiger partial charge in [-0.1, -0.05) is 85.0 Å². The van der Waals surface area contributed by atoms with Crippen molar-refractivity contribution < 1.29 is 0 Å². The van der Waals surface area contributed by atoms with Crippen LogP contribution >= 0.6 is 0 Å². The van der Waals surface area contributed by atoms with Crippen molar-refractivity contribution in [2.24, 2.45) is 4.99 Å². The Labute approximate surface area is 187 Å². The summed E-state index contributed by atoms with van der Waals surface area (Å²) in [5, 5.41) is 2.59. The monoisotopic (exact) mass is 413 g/mol. The maximum atomic E-state index is 5.36. The topological polar surface area (TPSA) is 20.5 Å². The Kier molecular flexibility index (Phi) is 3.80. The van der Waals surface area contributed by atoms with Crippen LogP contribution in [0.1, 0.15) is 24.1 Å². The summed E-state index contributed by atoms with van der Waals surface area (Å²) >= 11 is 0. The number of anilines is 1. The summed E-state index contributed by atoms with van der Waals surface area (Å²) in [6.45, 7) is 0. The van der Waals surface area contributed by atoms with Crippen molar-refractivity contribution in [1.82, 2.24) is 4.57 Å². The maximum Gasteiger partial charge on any atom is 0.131 e. The first-order valence-electron chi connectivity index (χ1n) is 11.4. The van der Waals surface area contributed by atoms with E-state index in [9.17, 15) is 0 Å². The van der Waals surface area contributed by atoms with Crippen LogP contribution in [0.15, 0.2) is 114 Å². The van der Waals surface area contributed by atoms with Crippen molar-refractivity contribution in [1.29, 1.82) is 0 Å². The van der Waals surface area contributed by atoms with E-state index in [0.717, 1.165) is 12.3 Å². The van der Waals surface area contributed by atoms with Crippen molar-refractivity contribution in [2.45, 2.75) is 24.5 Å². The van der Waals surface area contributed by atoms with E-state index in [4.69, 9.17) is 4.99 Å². The fraction of sp³-hybridized carbons (Fsp3) is 0.138. The Morgan fingerprint density at radius 1 is 0.750 bits per heavy atom. The van der Waals surface area contributed by atoms with Gasteiger partial charge in [0.05, 0.1) is 17.1 Å². The molecule has 0 amide bonds. The molecule has 0 fully saturated rings. The molecule has 3 atom stereocenters. The molecule has 4 aromatic rings. The Morgan fingerprint density at radius 3 is 2.25 bits per heavy atom. The summed E-state index contributed by atoms with van der Waals surface area (Å²) in [5.74, 6) is 1.42. The molecule has 3 heteroatoms. The van der Waals surface area contributed by atoms with E-state index in [-0.39, 0.29) is 12.2 Å². The molecule has 1 aliphatic carbocycles. The smallest absolute Gasteiger partial charge is 0.131 e. The zero-order chi connectivity index (χ0) is 21.1. The van der Waals surface area contributed by atoms with Crippen LogP contribution in [0, 0.1) is 0 Å². The maximum absolute atomic E-state index is 5.36. The van der Waals surface area contributed by atoms with Gasteiger partial charge in [-0.25, -0.2) is 4.99 Å². The molecule has 7 rings (SSSR count). The third-order valence-corrected chi connectivity index (χ3v) is 7.02. The lowest BCUT2D eigenvalue weighted by Crippen LogP contribution is -2.38. The van der Waals surface area contributed by atoms with E-state index in [1.54, 1.807) is 0 Å². The van der Waals surface area contributed by atoms with Gasteiger partial charge in [-0.3, -0.25) is 0 Å². The minimum absolute atomic E-state index is 0.0362. The van der Waals surface area contributed by atoms with Crippen LogP contribution in [0.25, 0.3) is 21.8 Å². The lowest BCUT2D eigenvalue weighted by Gasteiger charge is -2.31. The van der Waals surface area contributed by atoms with Crippen LogP contribution in [0.2, 0.25) is 0 Å². The Bertz CT molecular complexity index is 1430. The van der Waals surface area contributed by atoms with Crippen molar-refractivity contribution in [2.75, 3.05) is 4.90 Å². The van der Waals surface area contributed by atoms with E-state index in [2.05, 4.69) is 119 Å². The van der Waals surface area contributed by atoms with Gasteiger partial charge in [-0.15, -0.1) is 0 Å². The molecule has 0 N–H and O–H groups in total. The van der Waals surface area contributed by atoms with Crippen LogP contribution in [-0.2, 0) is 0 Å². The number of aromatic nitrogens is 1. The first-order valence-corrected chi connectivity index (χ1v) is 11.4. The van der Waals surface area contributed by atoms with Crippen molar-refractivity contribution in [3.05, 3.63) is 115 Å². The molecule has 1 aromatic heterocycles. The van der Waals surface area contributed by atoms with Crippen molar-refractivity contribution in [3.63, 3.8) is 0 Å². The van der Waals surface area contributed by atoms with Gasteiger partial charge < -0.3 is 9.47 Å². The minimum atomic E-state index is 0.0362. The van der Waals surface area contributed by atoms with E-state index in [0.29, 0.717) is 5.92 Å². The van der Waals surface area contributed by atoms with Crippen molar-refractivity contribution >= 4 is 33.3 Å². The predicted molar refractivity (Wildman–Crippen MR) is 133 cm³/mol. The summed E-state index contributed by atoms with van der Waals surface area (Å²) in [5.41, 5.74) is 5.15. The third-order valence-electron chi connectivity index (χ3n) is 7.02. The molecule has 3 aromatic carbocycles. The van der Waals surface area contributed by atoms with Gasteiger partial charge in [0.2, 0.25) is 0 Å². The highest BCUT2D eigenvalue weighted by Gasteiger charge is 2.38. The Morgan fingerprint density at radius 2 is 1.44 bits per heavy atom. The molecule has 3 unspecified atom stereocenters. The number of para-hydroxylation sites is 3. The highest BCUT2D eigenvalue weighted by Crippen LogP contribution is 2.45. The number of dihydropyridines is 1. The Balaban J connectivity index is 1.40. The van der Waals surface area contributed by atoms with E-state index in [1.165, 1.54) is 33.1 Å². The summed E-state index contributed by atoms with van der Waals surface area (Å²) < 4.78 is 2.42. The summed E-state index contributed by atoms with van der Waals surface area (Å²) in [6.07, 6.45) is 14.4. The molecule has 32 heavy (non-hydrogen) atoms. The van der Waals surface area contributed by atoms with Gasteiger partial charge in [0.15, 0.2) is 0 Å². The molecule has 3 nitrogen and oxygen atoms in total. The molecular weight excluding hydrogens is 390 g/mol. The number of aliphatic imine (C=N–C) groups is 1. The van der Waals surface area contributed by atoms with E-state index < -0.39 is 0 Å². The van der Waals surface area contributed by atoms with Crippen LogP contribution in [-0.4, -0.2) is 16.4 Å². The van der Waals surface area contributed by atoms with E-state index >= 15 is 0 Å². The SMILES string of the molecule is C1=CC2c3ccccc3N(C3=NC(n4c5ccccc5c5ccccc54)CC=C3)C2C=C1. The molecule has 0 bridgehead atoms. The van der Waals surface area contributed by atoms with Gasteiger partial charge >= 0.3 is 0 Å². The molecule has 2 aliphatic heterocycles. The summed E-state index contributed by atoms with van der Waals surface area (Å²) in [7, 11) is 0. The predicted octanol–water partition coefficient (Wildman–Crippen LogP) is 6.75. The van der Waals surface area contributed by atoms with Crippen LogP contribution in [0.4, 0.5) is 5.69 Å². The molecule has 0 saturated carbocycles. The molecule has 154 valence electrons. The number of fused-ring (bicyclic) bond motifs is 6. The molecule has 0 spiro atoms. The first kappa shape index (κ1) is 17.8. The lowest BCUT2D eigenvalue weighted by molar-refractivity contribution is 0.556. The normalized spacial score (nSPS) is 23.6. The Hall–Kier alpha value is -3.85. The molecule has 3 heterocycles. The fourth-order valence-electron chi connectivity index (χ4n) is 5.68. The second kappa shape index (κ2) is 6.83. The third kappa shape index (κ3) is 2.45. The second-order valence-electron chi connectivity index (χ2n) is 8.73. The van der Waals surface area contributed by atoms with Crippen LogP contribution in [0.3, 0.4) is 0 Å². The lowest BCUT2D eigenvalue weighted by atomic mass is 9.91. The average molecular weight is 414 g/mol. The summed E-state index contributed by atoms with van der Waals surface area (Å²) in [6, 6.07) is 26.4. The fourth-order valence-corrected chi connectivity index (χ4v) is 5.68. The second-order valence-corrected chi connectivity index (χ2v) is 8.73. The number of allylic oxidation sites excluding steroid dienone is 2. The zero-order valence-corrected chi connectivity index (χ0v) is 17.7. The zero-order valence-electron chi connectivity index (χ0n) is 17.7. The number of hydrogen-bond acceptors (Lipinski definition) is 2. The van der Waals surface area contributed by atoms with Crippen molar-refractivity contribution in [3.8, 4) is 0 Å². The van der Waals surface area contributed by atoms with Gasteiger partial charge in [0.1, 0.15) is 12.0 Å². The quantitative estimate of drug-likeness (QED) is 0.338. The highest BCUT2D eigenvalue weighted by molar-refractivity contribution is 6.10. The van der Waals surface area contributed by atoms with Gasteiger partial charge in [0, 0.05) is 28.8 Å². The molecular formula is C29H23N3. The van der Waals surface area contributed by atoms with Crippen LogP contribution < -0.4 is 4.90 Å². The first-order chi connectivity index (χ1) is 15.9. The number of hydrogen-bond donors (Lipinski definition) is 0. The summed E-state index contributed by atoms with van der Waals surface area (Å²) in [4.78, 5) is 7.78. The number of benzene rings is 3. The molecule has 0 saturated heterocycles. The largest absolute Gasteiger partial charge is 0.318 e. The minimum Gasteiger partial charge on any atom is -0.318 e. The number of nitrogens with zero attached hydrogens (tertiary/aromatic N) is 3. The molecule has 3 aliphatic rings. The molecule has 0 radical (unpaired) electrons. The van der Waals surface area contributed by atoms with Crippen LogP contribution in [0.5, 0.6) is 0 Å². The van der Waals surface area contributed by atoms with Gasteiger partial charge in [0.25, 0.3) is 0 Å². The average Bonchev–Trinajstić information content (AvgIpc) is 3.37. The van der Waals surface area contributed by atoms with Gasteiger partial charge in [-0.05, 0) is 29.8 Å². The number of amidine groups is 1. The highest BCUT2D eigenvalue weighted by atomic mass is 15.3. The van der Waals surface area contributed by atoms with Gasteiger partial charge in [-0.2, -0.15) is 0 Å².